The maximum absolute atomic E-state index is 12.4. The van der Waals surface area contributed by atoms with Gasteiger partial charge in [-0.1, -0.05) is 140 Å². The summed E-state index contributed by atoms with van der Waals surface area (Å²) >= 11 is 0. The number of aliphatic hydroxyl groups is 4. The van der Waals surface area contributed by atoms with Crippen LogP contribution in [0.2, 0.25) is 0 Å². The first-order chi connectivity index (χ1) is 22.5. The molecule has 6 nitrogen and oxygen atoms in total. The monoisotopic (exact) mass is 648 g/mol. The molecule has 0 bridgehead atoms. The van der Waals surface area contributed by atoms with Crippen molar-refractivity contribution in [1.82, 2.24) is 5.32 Å². The molecule has 5 N–H and O–H groups in total. The fraction of sp³-hybridized carbons (Fsp3) is 0.775. The van der Waals surface area contributed by atoms with Crippen LogP contribution in [0.25, 0.3) is 0 Å². The molecule has 1 amide bonds. The van der Waals surface area contributed by atoms with Crippen LogP contribution in [0.5, 0.6) is 0 Å². The lowest BCUT2D eigenvalue weighted by molar-refractivity contribution is -0.132. The molecule has 268 valence electrons. The largest absolute Gasteiger partial charge is 0.394 e. The van der Waals surface area contributed by atoms with Gasteiger partial charge in [-0.05, 0) is 77.0 Å². The first-order valence-electron chi connectivity index (χ1n) is 19.0. The summed E-state index contributed by atoms with van der Waals surface area (Å²) in [6, 6.07) is -1.01. The summed E-state index contributed by atoms with van der Waals surface area (Å²) in [6.07, 6.45) is 39.8. The summed E-state index contributed by atoms with van der Waals surface area (Å²) < 4.78 is 0. The van der Waals surface area contributed by atoms with Crippen molar-refractivity contribution in [1.29, 1.82) is 0 Å². The molecule has 0 fully saturated rings. The molecular weight excluding hydrogens is 574 g/mol. The summed E-state index contributed by atoms with van der Waals surface area (Å²) in [5.74, 6) is -0.606. The van der Waals surface area contributed by atoms with E-state index in [0.29, 0.717) is 19.3 Å². The highest BCUT2D eigenvalue weighted by Gasteiger charge is 2.28. The Hall–Kier alpha value is -1.73. The molecule has 0 radical (unpaired) electrons. The molecule has 4 unspecified atom stereocenters. The van der Waals surface area contributed by atoms with Crippen LogP contribution in [0.1, 0.15) is 168 Å². The Bertz CT molecular complexity index is 778. The fourth-order valence-electron chi connectivity index (χ4n) is 5.41. The van der Waals surface area contributed by atoms with Crippen LogP contribution in [0, 0.1) is 0 Å². The number of amides is 1. The number of carbonyl (C=O) groups is 1. The van der Waals surface area contributed by atoms with Gasteiger partial charge in [0.05, 0.1) is 18.8 Å². The van der Waals surface area contributed by atoms with E-state index < -0.39 is 36.9 Å². The number of carbonyl (C=O) groups excluding carboxylic acids is 1. The second-order valence-corrected chi connectivity index (χ2v) is 12.9. The lowest BCUT2D eigenvalue weighted by atomic mass is 10.00. The Morgan fingerprint density at radius 2 is 0.978 bits per heavy atom. The second kappa shape index (κ2) is 34.6. The summed E-state index contributed by atoms with van der Waals surface area (Å²) in [4.78, 5) is 12.4. The highest BCUT2D eigenvalue weighted by Crippen LogP contribution is 2.14. The molecule has 4 atom stereocenters. The normalized spacial score (nSPS) is 15.0. The summed E-state index contributed by atoms with van der Waals surface area (Å²) in [7, 11) is 0. The van der Waals surface area contributed by atoms with Crippen LogP contribution in [0.4, 0.5) is 0 Å². The van der Waals surface area contributed by atoms with Crippen molar-refractivity contribution in [3.05, 3.63) is 48.6 Å². The molecule has 0 saturated carbocycles. The van der Waals surface area contributed by atoms with Crippen LogP contribution in [-0.2, 0) is 4.79 Å². The van der Waals surface area contributed by atoms with E-state index in [2.05, 4.69) is 67.8 Å². The average Bonchev–Trinajstić information content (AvgIpc) is 3.06. The van der Waals surface area contributed by atoms with Gasteiger partial charge in [0.15, 0.2) is 0 Å². The second-order valence-electron chi connectivity index (χ2n) is 12.9. The molecular formula is C40H73NO5. The van der Waals surface area contributed by atoms with Crippen LogP contribution >= 0.6 is 0 Å². The van der Waals surface area contributed by atoms with E-state index in [0.717, 1.165) is 51.4 Å². The van der Waals surface area contributed by atoms with E-state index in [1.165, 1.54) is 83.5 Å². The molecule has 0 saturated heterocycles. The Morgan fingerprint density at radius 3 is 1.50 bits per heavy atom. The number of nitrogens with one attached hydrogen (secondary N) is 1. The lowest BCUT2D eigenvalue weighted by Crippen LogP contribution is -2.53. The molecule has 0 aromatic rings. The summed E-state index contributed by atoms with van der Waals surface area (Å²) in [5, 5.41) is 43.4. The van der Waals surface area contributed by atoms with Gasteiger partial charge in [-0.25, -0.2) is 0 Å². The predicted molar refractivity (Wildman–Crippen MR) is 196 cm³/mol. The third-order valence-corrected chi connectivity index (χ3v) is 8.52. The maximum Gasteiger partial charge on any atom is 0.249 e. The highest BCUT2D eigenvalue weighted by molar-refractivity contribution is 5.80. The zero-order chi connectivity index (χ0) is 33.9. The Balaban J connectivity index is 3.87. The maximum atomic E-state index is 12.4. The number of aliphatic hydroxyl groups excluding tert-OH is 4. The average molecular weight is 648 g/mol. The summed E-state index contributed by atoms with van der Waals surface area (Å²) in [6.45, 7) is 3.94. The quantitative estimate of drug-likeness (QED) is 0.0277. The minimum Gasteiger partial charge on any atom is -0.394 e. The van der Waals surface area contributed by atoms with Gasteiger partial charge in [0.25, 0.3) is 0 Å². The molecule has 0 heterocycles. The van der Waals surface area contributed by atoms with Crippen molar-refractivity contribution < 1.29 is 25.2 Å². The number of rotatable bonds is 33. The van der Waals surface area contributed by atoms with Crippen LogP contribution in [0.3, 0.4) is 0 Å². The Morgan fingerprint density at radius 1 is 0.543 bits per heavy atom. The van der Waals surface area contributed by atoms with Crippen molar-refractivity contribution >= 4 is 5.91 Å². The molecule has 0 rings (SSSR count). The highest BCUT2D eigenvalue weighted by atomic mass is 16.3. The van der Waals surface area contributed by atoms with E-state index in [4.69, 9.17) is 0 Å². The van der Waals surface area contributed by atoms with Crippen molar-refractivity contribution in [2.45, 2.75) is 192 Å². The van der Waals surface area contributed by atoms with Crippen molar-refractivity contribution in [3.8, 4) is 0 Å². The van der Waals surface area contributed by atoms with E-state index in [1.807, 2.05) is 0 Å². The molecule has 0 aliphatic rings. The van der Waals surface area contributed by atoms with Crippen LogP contribution in [-0.4, -0.2) is 57.3 Å². The van der Waals surface area contributed by atoms with E-state index in [1.54, 1.807) is 0 Å². The predicted octanol–water partition coefficient (Wildman–Crippen LogP) is 9.17. The minimum atomic E-state index is -1.29. The van der Waals surface area contributed by atoms with Gasteiger partial charge in [0.1, 0.15) is 12.2 Å². The molecule has 0 aromatic carbocycles. The van der Waals surface area contributed by atoms with Gasteiger partial charge in [-0.15, -0.1) is 0 Å². The number of unbranched alkanes of at least 4 members (excludes halogenated alkanes) is 17. The molecule has 46 heavy (non-hydrogen) atoms. The molecule has 6 heteroatoms. The zero-order valence-corrected chi connectivity index (χ0v) is 29.8. The fourth-order valence-corrected chi connectivity index (χ4v) is 5.41. The Labute approximate surface area is 283 Å². The smallest absolute Gasteiger partial charge is 0.249 e. The lowest BCUT2D eigenvalue weighted by Gasteiger charge is -2.27. The first-order valence-corrected chi connectivity index (χ1v) is 19.0. The third kappa shape index (κ3) is 28.5. The Kier molecular flexibility index (Phi) is 33.3. The van der Waals surface area contributed by atoms with Gasteiger partial charge in [0.2, 0.25) is 5.91 Å². The third-order valence-electron chi connectivity index (χ3n) is 8.52. The van der Waals surface area contributed by atoms with Crippen LogP contribution < -0.4 is 5.32 Å². The molecule has 0 aliphatic carbocycles. The van der Waals surface area contributed by atoms with Crippen LogP contribution in [0.15, 0.2) is 48.6 Å². The van der Waals surface area contributed by atoms with Gasteiger partial charge in [0, 0.05) is 0 Å². The van der Waals surface area contributed by atoms with Gasteiger partial charge in [-0.3, -0.25) is 4.79 Å². The number of hydrogen-bond acceptors (Lipinski definition) is 5. The van der Waals surface area contributed by atoms with Gasteiger partial charge in [-0.2, -0.15) is 0 Å². The topological polar surface area (TPSA) is 110 Å². The first kappa shape index (κ1) is 44.3. The van der Waals surface area contributed by atoms with E-state index >= 15 is 0 Å². The van der Waals surface area contributed by atoms with E-state index in [9.17, 15) is 25.2 Å². The standard InChI is InChI=1S/C40H73NO5/c1-3-5-7-9-11-13-15-17-18-19-20-21-22-24-26-28-30-32-34-38(44)40(46)41-36(35-42)39(45)37(43)33-31-29-27-25-23-16-14-12-10-8-6-4-2/h11-15,17,25,27,36-39,42-45H,3-10,16,18-24,26,28-35H2,1-2H3,(H,41,46)/b13-11-,14-12+,17-15-,27-25+. The van der Waals surface area contributed by atoms with Gasteiger partial charge >= 0.3 is 0 Å². The minimum absolute atomic E-state index is 0.352. The summed E-state index contributed by atoms with van der Waals surface area (Å²) in [5.41, 5.74) is 0. The molecule has 0 aliphatic heterocycles. The zero-order valence-electron chi connectivity index (χ0n) is 29.8. The van der Waals surface area contributed by atoms with E-state index in [-0.39, 0.29) is 0 Å². The molecule has 0 spiro atoms. The van der Waals surface area contributed by atoms with Crippen molar-refractivity contribution in [3.63, 3.8) is 0 Å². The van der Waals surface area contributed by atoms with Crippen molar-refractivity contribution in [2.75, 3.05) is 6.61 Å². The number of hydrogen-bond donors (Lipinski definition) is 5. The molecule has 0 aromatic heterocycles. The van der Waals surface area contributed by atoms with Crippen molar-refractivity contribution in [2.24, 2.45) is 0 Å². The number of allylic oxidation sites excluding steroid dienone is 8. The SMILES string of the molecule is CCCCC/C=C\C=C/CCCCCCCCCCCC(O)C(=O)NC(CO)C(O)C(O)CCC/C=C/CC/C=C/CCCCC. The van der Waals surface area contributed by atoms with Gasteiger partial charge < -0.3 is 25.7 Å².